The second-order valence-electron chi connectivity index (χ2n) is 6.23. The van der Waals surface area contributed by atoms with Crippen LogP contribution in [0.25, 0.3) is 0 Å². The highest BCUT2D eigenvalue weighted by molar-refractivity contribution is 5.83. The molecule has 2 heterocycles. The number of Topliss-reactive ketones (excluding diaryl/α,β-unsaturated/α-hetero) is 1. The molecule has 0 bridgehead atoms. The molecule has 1 aromatic carbocycles. The van der Waals surface area contributed by atoms with Crippen LogP contribution in [0.5, 0.6) is 11.5 Å². The number of nitrogens with zero attached hydrogens (tertiary/aromatic N) is 1. The number of carbonyl (C=O) groups is 1. The second kappa shape index (κ2) is 6.52. The summed E-state index contributed by atoms with van der Waals surface area (Å²) < 4.78 is 93.0. The zero-order valence-electron chi connectivity index (χ0n) is 23.4. The van der Waals surface area contributed by atoms with Gasteiger partial charge in [0, 0.05) is 36.9 Å². The van der Waals surface area contributed by atoms with Gasteiger partial charge in [0.25, 0.3) is 0 Å². The maximum absolute atomic E-state index is 13.0. The van der Waals surface area contributed by atoms with Crippen molar-refractivity contribution in [1.82, 2.24) is 4.90 Å². The fourth-order valence-corrected chi connectivity index (χ4v) is 3.06. The lowest BCUT2D eigenvalue weighted by atomic mass is 9.80. The molecule has 1 aromatic rings. The minimum atomic E-state index is -3.04. The number of hydrogen-bond acceptors (Lipinski definition) is 4. The van der Waals surface area contributed by atoms with Gasteiger partial charge in [-0.1, -0.05) is 13.8 Å². The Morgan fingerprint density at radius 1 is 1.48 bits per heavy atom. The van der Waals surface area contributed by atoms with E-state index >= 15 is 0 Å². The Morgan fingerprint density at radius 3 is 2.96 bits per heavy atom. The van der Waals surface area contributed by atoms with Crippen molar-refractivity contribution in [1.29, 1.82) is 0 Å². The molecule has 23 heavy (non-hydrogen) atoms. The molecule has 0 radical (unpaired) electrons. The van der Waals surface area contributed by atoms with Gasteiger partial charge < -0.3 is 9.47 Å². The summed E-state index contributed by atoms with van der Waals surface area (Å²) in [6.45, 7) is 0.737. The van der Waals surface area contributed by atoms with Gasteiger partial charge in [0.1, 0.15) is 5.78 Å². The van der Waals surface area contributed by atoms with Crippen LogP contribution in [0.2, 0.25) is 0 Å². The van der Waals surface area contributed by atoms with Crippen LogP contribution >= 0.6 is 0 Å². The Morgan fingerprint density at radius 2 is 2.26 bits per heavy atom. The molecule has 2 aliphatic rings. The molecular weight excluding hydrogens is 290 g/mol. The Bertz CT molecular complexity index is 978. The van der Waals surface area contributed by atoms with E-state index < -0.39 is 73.0 Å². The van der Waals surface area contributed by atoms with Crippen LogP contribution in [-0.2, 0) is 11.2 Å². The van der Waals surface area contributed by atoms with Gasteiger partial charge in [0.05, 0.1) is 22.4 Å². The maximum atomic E-state index is 13.0. The number of benzene rings is 1. The maximum Gasteiger partial charge on any atom is 0.161 e. The zero-order chi connectivity index (χ0) is 25.3. The second-order valence-corrected chi connectivity index (χ2v) is 6.23. The number of piperidine rings is 1. The van der Waals surface area contributed by atoms with Crippen molar-refractivity contribution < 1.29 is 28.0 Å². The fourth-order valence-electron chi connectivity index (χ4n) is 3.06. The van der Waals surface area contributed by atoms with Crippen LogP contribution in [0.1, 0.15) is 57.5 Å². The van der Waals surface area contributed by atoms with Crippen molar-refractivity contribution in [3.05, 3.63) is 23.2 Å². The van der Waals surface area contributed by atoms with E-state index in [1.807, 2.05) is 13.8 Å². The van der Waals surface area contributed by atoms with Crippen molar-refractivity contribution in [3.63, 3.8) is 0 Å². The minimum Gasteiger partial charge on any atom is -0.493 e. The predicted octanol–water partition coefficient (Wildman–Crippen LogP) is 3.24. The minimum absolute atomic E-state index is 0.104. The average molecular weight is 327 g/mol. The molecule has 0 aromatic heterocycles. The van der Waals surface area contributed by atoms with Crippen molar-refractivity contribution in [2.75, 3.05) is 27.2 Å². The highest BCUT2D eigenvalue weighted by Gasteiger charge is 2.38. The first-order valence-electron chi connectivity index (χ1n) is 12.6. The molecular formula is C19H27NO3. The van der Waals surface area contributed by atoms with Crippen LogP contribution in [0.4, 0.5) is 0 Å². The fraction of sp³-hybridized carbons (Fsp3) is 0.632. The quantitative estimate of drug-likeness (QED) is 0.851. The summed E-state index contributed by atoms with van der Waals surface area (Å²) in [6.07, 6.45) is -3.00. The summed E-state index contributed by atoms with van der Waals surface area (Å²) >= 11 is 0. The lowest BCUT2D eigenvalue weighted by Gasteiger charge is -2.43. The van der Waals surface area contributed by atoms with Gasteiger partial charge in [-0.05, 0) is 41.9 Å². The average Bonchev–Trinajstić information content (AvgIpc) is 2.63. The van der Waals surface area contributed by atoms with E-state index in [-0.39, 0.29) is 18.2 Å². The number of rotatable bonds is 4. The van der Waals surface area contributed by atoms with Crippen LogP contribution < -0.4 is 9.47 Å². The molecule has 0 N–H and O–H groups in total. The Hall–Kier alpha value is -1.55. The summed E-state index contributed by atoms with van der Waals surface area (Å²) in [5, 5.41) is 0. The summed E-state index contributed by atoms with van der Waals surface area (Å²) in [5.41, 5.74) is -1.07. The molecule has 2 atom stereocenters. The first-order valence-corrected chi connectivity index (χ1v) is 7.61. The third-order valence-corrected chi connectivity index (χ3v) is 4.13. The Kier molecular flexibility index (Phi) is 2.27. The Balaban J connectivity index is 2.37. The molecule has 1 fully saturated rings. The summed E-state index contributed by atoms with van der Waals surface area (Å²) in [7, 11) is -1.95. The molecule has 0 amide bonds. The van der Waals surface area contributed by atoms with Crippen LogP contribution in [0.15, 0.2) is 12.1 Å². The summed E-state index contributed by atoms with van der Waals surface area (Å²) in [6, 6.07) is -3.68. The molecule has 0 saturated carbocycles. The van der Waals surface area contributed by atoms with Crippen molar-refractivity contribution >= 4 is 5.78 Å². The lowest BCUT2D eigenvalue weighted by molar-refractivity contribution is -0.129. The number of hydrogen-bond donors (Lipinski definition) is 0. The van der Waals surface area contributed by atoms with E-state index in [1.165, 1.54) is 0 Å². The van der Waals surface area contributed by atoms with Crippen molar-refractivity contribution in [2.24, 2.45) is 11.8 Å². The first-order chi connectivity index (χ1) is 14.9. The van der Waals surface area contributed by atoms with E-state index in [4.69, 9.17) is 23.2 Å². The largest absolute Gasteiger partial charge is 0.493 e. The standard InChI is InChI=1S/C19H27NO3/c1-12(2)7-14-11-20-6-5-13-8-18(22-3)19(23-4)9-15(13)16(20)10-17(14)21/h8-9,12,14,16H,5-7,10-11H2,1-4H3/i4D3,5D2,6D2,8D,9D,16D. The summed E-state index contributed by atoms with van der Waals surface area (Å²) in [5.74, 6) is -2.09. The van der Waals surface area contributed by atoms with Gasteiger partial charge in [0.2, 0.25) is 0 Å². The van der Waals surface area contributed by atoms with Gasteiger partial charge in [-0.15, -0.1) is 0 Å². The van der Waals surface area contributed by atoms with Gasteiger partial charge in [-0.25, -0.2) is 0 Å². The van der Waals surface area contributed by atoms with E-state index in [2.05, 4.69) is 0 Å². The molecule has 0 spiro atoms. The molecule has 3 rings (SSSR count). The molecule has 2 unspecified atom stereocenters. The Labute approximate surface area is 152 Å². The number of ketones is 1. The first kappa shape index (κ1) is 8.02. The number of fused-ring (bicyclic) bond motifs is 3. The van der Waals surface area contributed by atoms with Crippen LogP contribution in [-0.4, -0.2) is 37.9 Å². The van der Waals surface area contributed by atoms with Gasteiger partial charge in [-0.3, -0.25) is 9.69 Å². The topological polar surface area (TPSA) is 38.8 Å². The third kappa shape index (κ3) is 3.09. The number of ether oxygens (including phenoxy) is 2. The number of carbonyl (C=O) groups excluding carboxylic acids is 1. The normalized spacial score (nSPS) is 38.8. The molecule has 4 heteroatoms. The summed E-state index contributed by atoms with van der Waals surface area (Å²) in [4.78, 5) is 13.9. The van der Waals surface area contributed by atoms with Crippen molar-refractivity contribution in [3.8, 4) is 11.5 Å². The monoisotopic (exact) mass is 327 g/mol. The van der Waals surface area contributed by atoms with Gasteiger partial charge >= 0.3 is 0 Å². The molecule has 1 saturated heterocycles. The van der Waals surface area contributed by atoms with Crippen LogP contribution in [0.3, 0.4) is 0 Å². The van der Waals surface area contributed by atoms with E-state index in [0.717, 1.165) is 12.0 Å². The molecule has 0 aliphatic carbocycles. The van der Waals surface area contributed by atoms with E-state index in [9.17, 15) is 4.79 Å². The molecule has 2 aliphatic heterocycles. The number of methoxy groups -OCH3 is 2. The van der Waals surface area contributed by atoms with E-state index in [1.54, 1.807) is 0 Å². The lowest BCUT2D eigenvalue weighted by Crippen LogP contribution is -2.46. The van der Waals surface area contributed by atoms with Gasteiger partial charge in [-0.2, -0.15) is 0 Å². The smallest absolute Gasteiger partial charge is 0.161 e. The highest BCUT2D eigenvalue weighted by Crippen LogP contribution is 2.42. The molecule has 4 nitrogen and oxygen atoms in total. The van der Waals surface area contributed by atoms with Crippen LogP contribution in [0, 0.1) is 11.8 Å². The highest BCUT2D eigenvalue weighted by atomic mass is 16.5. The molecule has 126 valence electrons. The van der Waals surface area contributed by atoms with E-state index in [0.29, 0.717) is 6.42 Å². The van der Waals surface area contributed by atoms with Crippen molar-refractivity contribution in [2.45, 2.75) is 39.1 Å². The van der Waals surface area contributed by atoms with Gasteiger partial charge in [0.15, 0.2) is 11.5 Å². The zero-order valence-corrected chi connectivity index (χ0v) is 13.4. The third-order valence-electron chi connectivity index (χ3n) is 4.13. The SMILES string of the molecule is [2H]c1c(OC([2H])([2H])[2H])c(OC)c([2H])c2c1C1([2H])CC(=O)C(CC(C)C)CN1C([2H])([2H])C2([2H])[2H]. The predicted molar refractivity (Wildman–Crippen MR) is 90.1 cm³/mol.